The molecule has 18 heavy (non-hydrogen) atoms. The summed E-state index contributed by atoms with van der Waals surface area (Å²) in [4.78, 5) is 12.2. The second kappa shape index (κ2) is 4.88. The number of halogens is 2. The summed E-state index contributed by atoms with van der Waals surface area (Å²) >= 11 is 11.6. The smallest absolute Gasteiger partial charge is 0.198 e. The molecule has 2 rings (SSSR count). The topological polar surface area (TPSA) is 57.5 Å². The summed E-state index contributed by atoms with van der Waals surface area (Å²) in [6.07, 6.45) is 0. The van der Waals surface area contributed by atoms with Crippen molar-refractivity contribution in [2.24, 2.45) is 0 Å². The van der Waals surface area contributed by atoms with Crippen LogP contribution in [-0.2, 0) is 0 Å². The van der Waals surface area contributed by atoms with E-state index in [1.807, 2.05) is 0 Å². The summed E-state index contributed by atoms with van der Waals surface area (Å²) in [7, 11) is 0. The van der Waals surface area contributed by atoms with Gasteiger partial charge in [-0.25, -0.2) is 0 Å². The van der Waals surface area contributed by atoms with E-state index >= 15 is 0 Å². The van der Waals surface area contributed by atoms with Crippen LogP contribution in [0.2, 0.25) is 10.0 Å². The van der Waals surface area contributed by atoms with Crippen molar-refractivity contribution < 1.29 is 15.0 Å². The Labute approximate surface area is 113 Å². The molecule has 3 nitrogen and oxygen atoms in total. The first-order valence-electron chi connectivity index (χ1n) is 5.01. The Morgan fingerprint density at radius 3 is 2.22 bits per heavy atom. The average molecular weight is 283 g/mol. The van der Waals surface area contributed by atoms with E-state index in [4.69, 9.17) is 23.2 Å². The Bertz CT molecular complexity index is 624. The Morgan fingerprint density at radius 1 is 0.889 bits per heavy atom. The SMILES string of the molecule is O=C(c1cc(Cl)c(O)cc1O)c1ccccc1Cl. The summed E-state index contributed by atoms with van der Waals surface area (Å²) < 4.78 is 0. The second-order valence-electron chi connectivity index (χ2n) is 3.63. The van der Waals surface area contributed by atoms with Crippen LogP contribution in [0, 0.1) is 0 Å². The Kier molecular flexibility index (Phi) is 3.45. The number of benzene rings is 2. The van der Waals surface area contributed by atoms with Gasteiger partial charge in [0, 0.05) is 11.6 Å². The van der Waals surface area contributed by atoms with Crippen LogP contribution < -0.4 is 0 Å². The summed E-state index contributed by atoms with van der Waals surface area (Å²) in [6.45, 7) is 0. The van der Waals surface area contributed by atoms with E-state index in [-0.39, 0.29) is 32.7 Å². The molecule has 0 amide bonds. The van der Waals surface area contributed by atoms with Crippen molar-refractivity contribution in [3.05, 3.63) is 57.6 Å². The average Bonchev–Trinajstić information content (AvgIpc) is 2.33. The van der Waals surface area contributed by atoms with Crippen LogP contribution in [0.25, 0.3) is 0 Å². The maximum absolute atomic E-state index is 12.2. The van der Waals surface area contributed by atoms with Gasteiger partial charge in [-0.1, -0.05) is 35.3 Å². The van der Waals surface area contributed by atoms with Crippen molar-refractivity contribution in [2.45, 2.75) is 0 Å². The Balaban J connectivity index is 2.53. The minimum atomic E-state index is -0.458. The second-order valence-corrected chi connectivity index (χ2v) is 4.44. The highest BCUT2D eigenvalue weighted by atomic mass is 35.5. The minimum Gasteiger partial charge on any atom is -0.507 e. The first-order valence-corrected chi connectivity index (χ1v) is 5.77. The molecule has 92 valence electrons. The van der Waals surface area contributed by atoms with Gasteiger partial charge in [0.15, 0.2) is 5.78 Å². The molecule has 0 bridgehead atoms. The Morgan fingerprint density at radius 2 is 1.56 bits per heavy atom. The number of ketones is 1. The molecule has 2 aromatic rings. The molecule has 0 radical (unpaired) electrons. The molecule has 0 aliphatic rings. The molecule has 5 heteroatoms. The quantitative estimate of drug-likeness (QED) is 0.827. The monoisotopic (exact) mass is 282 g/mol. The molecule has 0 atom stereocenters. The van der Waals surface area contributed by atoms with Crippen molar-refractivity contribution in [3.8, 4) is 11.5 Å². The molecule has 0 aliphatic heterocycles. The van der Waals surface area contributed by atoms with Gasteiger partial charge in [0.2, 0.25) is 0 Å². The lowest BCUT2D eigenvalue weighted by Crippen LogP contribution is -2.02. The van der Waals surface area contributed by atoms with Crippen molar-refractivity contribution in [1.29, 1.82) is 0 Å². The molecular weight excluding hydrogens is 275 g/mol. The fourth-order valence-corrected chi connectivity index (χ4v) is 1.91. The van der Waals surface area contributed by atoms with Gasteiger partial charge in [0.1, 0.15) is 11.5 Å². The number of carbonyl (C=O) groups is 1. The zero-order valence-electron chi connectivity index (χ0n) is 9.02. The molecule has 0 aromatic heterocycles. The van der Waals surface area contributed by atoms with Gasteiger partial charge in [-0.2, -0.15) is 0 Å². The zero-order chi connectivity index (χ0) is 13.3. The van der Waals surface area contributed by atoms with Gasteiger partial charge >= 0.3 is 0 Å². The molecule has 0 saturated carbocycles. The van der Waals surface area contributed by atoms with E-state index in [1.54, 1.807) is 24.3 Å². The van der Waals surface area contributed by atoms with Gasteiger partial charge in [0.05, 0.1) is 15.6 Å². The van der Waals surface area contributed by atoms with Crippen molar-refractivity contribution in [3.63, 3.8) is 0 Å². The molecule has 0 fully saturated rings. The van der Waals surface area contributed by atoms with Gasteiger partial charge < -0.3 is 10.2 Å². The maximum atomic E-state index is 12.2. The predicted molar refractivity (Wildman–Crippen MR) is 69.7 cm³/mol. The molecule has 0 saturated heterocycles. The predicted octanol–water partition coefficient (Wildman–Crippen LogP) is 3.64. The number of hydrogen-bond acceptors (Lipinski definition) is 3. The van der Waals surface area contributed by atoms with Crippen molar-refractivity contribution in [1.82, 2.24) is 0 Å². The molecule has 0 heterocycles. The van der Waals surface area contributed by atoms with E-state index in [9.17, 15) is 15.0 Å². The summed E-state index contributed by atoms with van der Waals surface area (Å²) in [5.41, 5.74) is 0.252. The number of aromatic hydroxyl groups is 2. The first kappa shape index (κ1) is 12.7. The van der Waals surface area contributed by atoms with Crippen LogP contribution in [0.4, 0.5) is 0 Å². The number of hydrogen-bond donors (Lipinski definition) is 2. The first-order chi connectivity index (χ1) is 8.50. The van der Waals surface area contributed by atoms with E-state index < -0.39 is 5.78 Å². The van der Waals surface area contributed by atoms with Crippen molar-refractivity contribution >= 4 is 29.0 Å². The molecule has 0 spiro atoms. The fraction of sp³-hybridized carbons (Fsp3) is 0. The van der Waals surface area contributed by atoms with Gasteiger partial charge in [-0.15, -0.1) is 0 Å². The summed E-state index contributed by atoms with van der Waals surface area (Å²) in [6, 6.07) is 8.71. The minimum absolute atomic E-state index is 0.00843. The molecule has 2 aromatic carbocycles. The number of carbonyl (C=O) groups excluding carboxylic acids is 1. The third kappa shape index (κ3) is 2.28. The van der Waals surface area contributed by atoms with Crippen LogP contribution >= 0.6 is 23.2 Å². The lowest BCUT2D eigenvalue weighted by Gasteiger charge is -2.07. The van der Waals surface area contributed by atoms with Crippen molar-refractivity contribution in [2.75, 3.05) is 0 Å². The Hall–Kier alpha value is -1.71. The zero-order valence-corrected chi connectivity index (χ0v) is 10.5. The number of phenolic OH excluding ortho intramolecular Hbond substituents is 2. The lowest BCUT2D eigenvalue weighted by molar-refractivity contribution is 0.103. The standard InChI is InChI=1S/C13H8Cl2O3/c14-9-4-2-1-3-7(9)13(18)8-5-10(15)12(17)6-11(8)16/h1-6,16-17H. The van der Waals surface area contributed by atoms with Crippen LogP contribution in [0.15, 0.2) is 36.4 Å². The number of rotatable bonds is 2. The highest BCUT2D eigenvalue weighted by molar-refractivity contribution is 6.35. The van der Waals surface area contributed by atoms with E-state index in [0.717, 1.165) is 6.07 Å². The largest absolute Gasteiger partial charge is 0.507 e. The summed E-state index contributed by atoms with van der Waals surface area (Å²) in [5, 5.41) is 19.2. The fourth-order valence-electron chi connectivity index (χ4n) is 1.52. The van der Waals surface area contributed by atoms with E-state index in [0.29, 0.717) is 0 Å². The molecular formula is C13H8Cl2O3. The van der Waals surface area contributed by atoms with Crippen LogP contribution in [-0.4, -0.2) is 16.0 Å². The molecule has 2 N–H and O–H groups in total. The van der Waals surface area contributed by atoms with Gasteiger partial charge in [0.25, 0.3) is 0 Å². The van der Waals surface area contributed by atoms with Crippen LogP contribution in [0.1, 0.15) is 15.9 Å². The van der Waals surface area contributed by atoms with Gasteiger partial charge in [-0.05, 0) is 18.2 Å². The normalized spacial score (nSPS) is 10.3. The van der Waals surface area contributed by atoms with Crippen LogP contribution in [0.5, 0.6) is 11.5 Å². The highest BCUT2D eigenvalue weighted by Gasteiger charge is 2.18. The third-order valence-electron chi connectivity index (χ3n) is 2.43. The third-order valence-corrected chi connectivity index (χ3v) is 3.06. The van der Waals surface area contributed by atoms with Crippen LogP contribution in [0.3, 0.4) is 0 Å². The van der Waals surface area contributed by atoms with E-state index in [1.165, 1.54) is 6.07 Å². The highest BCUT2D eigenvalue weighted by Crippen LogP contribution is 2.33. The van der Waals surface area contributed by atoms with Gasteiger partial charge in [-0.3, -0.25) is 4.79 Å². The summed E-state index contributed by atoms with van der Waals surface area (Å²) in [5.74, 6) is -1.09. The van der Waals surface area contributed by atoms with E-state index in [2.05, 4.69) is 0 Å². The number of phenols is 2. The maximum Gasteiger partial charge on any atom is 0.198 e. The molecule has 0 unspecified atom stereocenters. The lowest BCUT2D eigenvalue weighted by atomic mass is 10.0. The molecule has 0 aliphatic carbocycles.